The molecule has 0 saturated heterocycles. The topological polar surface area (TPSA) is 98.3 Å². The molecule has 158 valence electrons. The van der Waals surface area contributed by atoms with Gasteiger partial charge in [-0.3, -0.25) is 15.4 Å². The molecule has 8 nitrogen and oxygen atoms in total. The van der Waals surface area contributed by atoms with Crippen LogP contribution in [-0.2, 0) is 23.9 Å². The highest BCUT2D eigenvalue weighted by molar-refractivity contribution is 6.26. The minimum atomic E-state index is -0.441. The molecule has 26 heavy (non-hydrogen) atoms. The molecular formula is C17H40N2O6Si. The molecular weight excluding hydrogens is 356 g/mol. The Bertz CT molecular complexity index is 312. The normalized spacial score (nSPS) is 12.7. The van der Waals surface area contributed by atoms with E-state index in [4.69, 9.17) is 9.68 Å². The van der Waals surface area contributed by atoms with E-state index in [-0.39, 0.29) is 15.7 Å². The van der Waals surface area contributed by atoms with Crippen LogP contribution in [0, 0.1) is 5.41 Å². The Kier molecular flexibility index (Phi) is 20.4. The highest BCUT2D eigenvalue weighted by Gasteiger charge is 2.20. The van der Waals surface area contributed by atoms with Crippen LogP contribution in [0.1, 0.15) is 54.4 Å². The van der Waals surface area contributed by atoms with Crippen molar-refractivity contribution in [1.29, 1.82) is 0 Å². The molecule has 0 aromatic rings. The van der Waals surface area contributed by atoms with Gasteiger partial charge in [-0.2, -0.15) is 0 Å². The summed E-state index contributed by atoms with van der Waals surface area (Å²) in [6.45, 7) is 14.7. The number of hydrogen-bond acceptors (Lipinski definition) is 7. The van der Waals surface area contributed by atoms with Gasteiger partial charge in [-0.25, -0.2) is 14.7 Å². The lowest BCUT2D eigenvalue weighted by molar-refractivity contribution is -0.287. The van der Waals surface area contributed by atoms with E-state index < -0.39 is 11.6 Å². The van der Waals surface area contributed by atoms with E-state index in [9.17, 15) is 4.79 Å². The average molecular weight is 397 g/mol. The first kappa shape index (κ1) is 27.7. The maximum Gasteiger partial charge on any atom is 0.225 e. The minimum absolute atomic E-state index is 0.00287. The zero-order valence-electron chi connectivity index (χ0n) is 17.4. The third kappa shape index (κ3) is 19.8. The van der Waals surface area contributed by atoms with Crippen LogP contribution in [0.4, 0.5) is 0 Å². The maximum atomic E-state index is 11.7. The second-order valence-electron chi connectivity index (χ2n) is 6.56. The molecule has 0 aliphatic carbocycles. The van der Waals surface area contributed by atoms with Gasteiger partial charge >= 0.3 is 0 Å². The van der Waals surface area contributed by atoms with Gasteiger partial charge in [0, 0.05) is 25.0 Å². The lowest BCUT2D eigenvalue weighted by Gasteiger charge is -2.19. The van der Waals surface area contributed by atoms with Gasteiger partial charge in [-0.05, 0) is 39.8 Å². The Labute approximate surface area is 161 Å². The molecule has 0 aromatic heterocycles. The molecule has 0 aliphatic heterocycles. The first-order valence-electron chi connectivity index (χ1n) is 9.47. The van der Waals surface area contributed by atoms with Crippen molar-refractivity contribution in [3.63, 3.8) is 0 Å². The summed E-state index contributed by atoms with van der Waals surface area (Å²) in [4.78, 5) is 25.0. The van der Waals surface area contributed by atoms with Crippen LogP contribution in [0.2, 0.25) is 6.04 Å². The van der Waals surface area contributed by atoms with Crippen molar-refractivity contribution in [2.24, 2.45) is 5.41 Å². The summed E-state index contributed by atoms with van der Waals surface area (Å²) in [7, 11) is -0.383. The predicted molar refractivity (Wildman–Crippen MR) is 105 cm³/mol. The van der Waals surface area contributed by atoms with Gasteiger partial charge in [0.25, 0.3) is 0 Å². The predicted octanol–water partition coefficient (Wildman–Crippen LogP) is 1.85. The van der Waals surface area contributed by atoms with Gasteiger partial charge in [0.1, 0.15) is 6.23 Å². The fourth-order valence-corrected chi connectivity index (χ4v) is 2.62. The number of hydrogen-bond donors (Lipinski definition) is 3. The van der Waals surface area contributed by atoms with Gasteiger partial charge in [-0.15, -0.1) is 0 Å². The number of carbonyl (C=O) groups is 1. The maximum absolute atomic E-state index is 11.7. The van der Waals surface area contributed by atoms with E-state index in [1.54, 1.807) is 0 Å². The van der Waals surface area contributed by atoms with Crippen molar-refractivity contribution in [3.05, 3.63) is 0 Å². The molecule has 0 radical (unpaired) electrons. The van der Waals surface area contributed by atoms with E-state index in [0.29, 0.717) is 26.2 Å². The highest BCUT2D eigenvalue weighted by Crippen LogP contribution is 2.12. The van der Waals surface area contributed by atoms with Crippen LogP contribution in [-0.4, -0.2) is 60.1 Å². The molecule has 0 spiro atoms. The highest BCUT2D eigenvalue weighted by atomic mass is 28.2. The van der Waals surface area contributed by atoms with Crippen molar-refractivity contribution < 1.29 is 29.1 Å². The van der Waals surface area contributed by atoms with Crippen molar-refractivity contribution in [3.8, 4) is 0 Å². The van der Waals surface area contributed by atoms with Crippen molar-refractivity contribution in [1.82, 2.24) is 10.6 Å². The molecule has 1 atom stereocenters. The third-order valence-corrected chi connectivity index (χ3v) is 4.60. The second kappa shape index (κ2) is 19.2. The molecule has 0 fully saturated rings. The third-order valence-electron chi connectivity index (χ3n) is 3.11. The summed E-state index contributed by atoms with van der Waals surface area (Å²) in [6.07, 6.45) is 1.10. The van der Waals surface area contributed by atoms with E-state index in [1.165, 1.54) is 0 Å². The molecule has 1 unspecified atom stereocenters. The minimum Gasteiger partial charge on any atom is -0.424 e. The lowest BCUT2D eigenvalue weighted by atomic mass is 9.96. The van der Waals surface area contributed by atoms with Gasteiger partial charge in [0.2, 0.25) is 5.91 Å². The standard InChI is InChI=1S/C13H30N2O4Si.C4H10O2/c1-5-18-20-10-6-8-14-11(19-17)7-9-15-12(16)13(2,3)4;1-3-5-6-4-2/h11,14,17H,5-10,20H2,1-4H3,(H,15,16);3-4H2,1-2H3. The SMILES string of the molecule is CCOOCC.CCO[SiH2]CCCNC(CCNC(=O)C(C)(C)C)OO. The van der Waals surface area contributed by atoms with Gasteiger partial charge in [0.05, 0.1) is 13.2 Å². The first-order valence-corrected chi connectivity index (χ1v) is 11.0. The number of amides is 1. The Morgan fingerprint density at radius 2 is 1.69 bits per heavy atom. The fraction of sp³-hybridized carbons (Fsp3) is 0.941. The first-order chi connectivity index (χ1) is 12.3. The van der Waals surface area contributed by atoms with Crippen LogP contribution < -0.4 is 10.6 Å². The van der Waals surface area contributed by atoms with Crippen molar-refractivity contribution >= 4 is 15.7 Å². The Morgan fingerprint density at radius 3 is 2.15 bits per heavy atom. The second-order valence-corrected chi connectivity index (χ2v) is 8.08. The van der Waals surface area contributed by atoms with E-state index in [2.05, 4.69) is 25.3 Å². The largest absolute Gasteiger partial charge is 0.424 e. The van der Waals surface area contributed by atoms with E-state index in [0.717, 1.165) is 25.6 Å². The van der Waals surface area contributed by atoms with Crippen LogP contribution in [0.5, 0.6) is 0 Å². The number of carbonyl (C=O) groups excluding carboxylic acids is 1. The molecule has 0 aromatic carbocycles. The summed E-state index contributed by atoms with van der Waals surface area (Å²) in [5.74, 6) is -0.00287. The summed E-state index contributed by atoms with van der Waals surface area (Å²) in [5.41, 5.74) is -0.396. The van der Waals surface area contributed by atoms with Crippen LogP contribution in [0.15, 0.2) is 0 Å². The van der Waals surface area contributed by atoms with E-state index >= 15 is 0 Å². The molecule has 3 N–H and O–H groups in total. The quantitative estimate of drug-likeness (QED) is 0.135. The van der Waals surface area contributed by atoms with E-state index in [1.807, 2.05) is 41.5 Å². The molecule has 0 rings (SSSR count). The molecule has 9 heteroatoms. The number of rotatable bonds is 14. The Balaban J connectivity index is 0. The van der Waals surface area contributed by atoms with Gasteiger partial charge < -0.3 is 9.74 Å². The van der Waals surface area contributed by atoms with Crippen molar-refractivity contribution in [2.75, 3.05) is 32.9 Å². The Morgan fingerprint density at radius 1 is 1.08 bits per heavy atom. The number of nitrogens with one attached hydrogen (secondary N) is 2. The molecule has 0 bridgehead atoms. The van der Waals surface area contributed by atoms with Crippen LogP contribution >= 0.6 is 0 Å². The fourth-order valence-electron chi connectivity index (χ4n) is 1.68. The van der Waals surface area contributed by atoms with Crippen molar-refractivity contribution in [2.45, 2.75) is 66.7 Å². The molecule has 0 saturated carbocycles. The monoisotopic (exact) mass is 396 g/mol. The summed E-state index contributed by atoms with van der Waals surface area (Å²) < 4.78 is 5.37. The van der Waals surface area contributed by atoms with Gasteiger partial charge in [-0.1, -0.05) is 20.8 Å². The zero-order valence-corrected chi connectivity index (χ0v) is 18.8. The van der Waals surface area contributed by atoms with Gasteiger partial charge in [0.15, 0.2) is 9.76 Å². The van der Waals surface area contributed by atoms with Crippen LogP contribution in [0.3, 0.4) is 0 Å². The Hall–Kier alpha value is -0.553. The summed E-state index contributed by atoms with van der Waals surface area (Å²) in [6, 6.07) is 1.11. The molecule has 0 aliphatic rings. The molecule has 1 amide bonds. The summed E-state index contributed by atoms with van der Waals surface area (Å²) >= 11 is 0. The lowest BCUT2D eigenvalue weighted by Crippen LogP contribution is -2.39. The smallest absolute Gasteiger partial charge is 0.225 e. The average Bonchev–Trinajstić information content (AvgIpc) is 2.60. The molecule has 0 heterocycles. The zero-order chi connectivity index (χ0) is 20.3. The van der Waals surface area contributed by atoms with Crippen LogP contribution in [0.25, 0.3) is 0 Å². The summed E-state index contributed by atoms with van der Waals surface area (Å²) in [5, 5.41) is 14.7.